The van der Waals surface area contributed by atoms with Gasteiger partial charge in [0.2, 0.25) is 0 Å². The number of nitrogens with zero attached hydrogens (tertiary/aromatic N) is 1. The zero-order chi connectivity index (χ0) is 5.82. The highest BCUT2D eigenvalue weighted by atomic mass is 31.1. The lowest BCUT2D eigenvalue weighted by atomic mass is 10.4. The summed E-state index contributed by atoms with van der Waals surface area (Å²) in [5, 5.41) is 0. The minimum Gasteiger partial charge on any atom is -0.349 e. The van der Waals surface area contributed by atoms with Gasteiger partial charge in [0.1, 0.15) is 0 Å². The van der Waals surface area contributed by atoms with E-state index in [0.29, 0.717) is 8.96 Å². The van der Waals surface area contributed by atoms with Crippen LogP contribution in [0, 0.1) is 0 Å². The first kappa shape index (κ1) is 6.47. The summed E-state index contributed by atoms with van der Waals surface area (Å²) in [6.07, 6.45) is 2.72. The Kier molecular flexibility index (Phi) is 2.74. The van der Waals surface area contributed by atoms with Crippen molar-refractivity contribution in [1.29, 1.82) is 0 Å². The summed E-state index contributed by atoms with van der Waals surface area (Å²) >= 11 is 0. The quantitative estimate of drug-likeness (QED) is 0.525. The highest BCUT2D eigenvalue weighted by Gasteiger charge is 2.09. The molecule has 0 N–H and O–H groups in total. The Balaban J connectivity index is 2.06. The largest absolute Gasteiger partial charge is 0.349 e. The predicted octanol–water partition coefficient (Wildman–Crippen LogP) is 1.24. The zero-order valence-electron chi connectivity index (χ0n) is 5.18. The molecule has 2 nitrogen and oxygen atoms in total. The SMILES string of the molecule is COPN1CCCC1. The molecule has 0 amide bonds. The van der Waals surface area contributed by atoms with Crippen LogP contribution in [0.1, 0.15) is 12.8 Å². The summed E-state index contributed by atoms with van der Waals surface area (Å²) in [5.74, 6) is 0. The van der Waals surface area contributed by atoms with Crippen LogP contribution in [-0.2, 0) is 4.52 Å². The molecule has 3 heteroatoms. The van der Waals surface area contributed by atoms with Crippen molar-refractivity contribution in [2.24, 2.45) is 0 Å². The lowest BCUT2D eigenvalue weighted by molar-refractivity contribution is 0.417. The topological polar surface area (TPSA) is 12.5 Å². The predicted molar refractivity (Wildman–Crippen MR) is 36.1 cm³/mol. The first-order chi connectivity index (χ1) is 3.93. The van der Waals surface area contributed by atoms with Crippen molar-refractivity contribution in [3.05, 3.63) is 0 Å². The summed E-state index contributed by atoms with van der Waals surface area (Å²) in [4.78, 5) is 0. The maximum atomic E-state index is 4.98. The number of hydrogen-bond donors (Lipinski definition) is 0. The van der Waals surface area contributed by atoms with Crippen LogP contribution in [-0.4, -0.2) is 24.9 Å². The Morgan fingerprint density at radius 3 is 2.50 bits per heavy atom. The van der Waals surface area contributed by atoms with Crippen molar-refractivity contribution >= 4 is 8.96 Å². The average Bonchev–Trinajstić information content (AvgIpc) is 2.19. The van der Waals surface area contributed by atoms with Crippen LogP contribution in [0.4, 0.5) is 0 Å². The standard InChI is InChI=1S/C5H12NOP/c1-7-8-6-4-2-3-5-6/h8H,2-5H2,1H3. The molecule has 0 aromatic carbocycles. The fourth-order valence-electron chi connectivity index (χ4n) is 0.938. The van der Waals surface area contributed by atoms with E-state index in [1.165, 1.54) is 25.9 Å². The fraction of sp³-hybridized carbons (Fsp3) is 1.00. The zero-order valence-corrected chi connectivity index (χ0v) is 6.18. The Bertz CT molecular complexity index is 63.4. The molecule has 0 bridgehead atoms. The third-order valence-corrected chi connectivity index (χ3v) is 2.21. The van der Waals surface area contributed by atoms with E-state index in [4.69, 9.17) is 4.52 Å². The van der Waals surface area contributed by atoms with Gasteiger partial charge >= 0.3 is 0 Å². The molecule has 8 heavy (non-hydrogen) atoms. The van der Waals surface area contributed by atoms with E-state index in [-0.39, 0.29) is 0 Å². The second-order valence-corrected chi connectivity index (χ2v) is 3.21. The van der Waals surface area contributed by atoms with Gasteiger partial charge in [-0.1, -0.05) is 0 Å². The molecule has 0 spiro atoms. The highest BCUT2D eigenvalue weighted by molar-refractivity contribution is 7.29. The van der Waals surface area contributed by atoms with Gasteiger partial charge in [0.05, 0.1) is 8.96 Å². The molecule has 0 aromatic heterocycles. The van der Waals surface area contributed by atoms with E-state index >= 15 is 0 Å². The Hall–Kier alpha value is 0.350. The molecular weight excluding hydrogens is 121 g/mol. The van der Waals surface area contributed by atoms with Gasteiger partial charge in [-0.15, -0.1) is 0 Å². The molecule has 1 aliphatic heterocycles. The van der Waals surface area contributed by atoms with Gasteiger partial charge in [0.15, 0.2) is 0 Å². The van der Waals surface area contributed by atoms with Crippen molar-refractivity contribution in [2.75, 3.05) is 20.2 Å². The normalized spacial score (nSPS) is 23.6. The second kappa shape index (κ2) is 3.39. The highest BCUT2D eigenvalue weighted by Crippen LogP contribution is 2.23. The fourth-order valence-corrected chi connectivity index (χ4v) is 1.69. The molecule has 0 aliphatic carbocycles. The van der Waals surface area contributed by atoms with Crippen LogP contribution >= 0.6 is 8.96 Å². The number of rotatable bonds is 2. The van der Waals surface area contributed by atoms with E-state index in [2.05, 4.69) is 4.67 Å². The summed E-state index contributed by atoms with van der Waals surface area (Å²) < 4.78 is 7.33. The maximum Gasteiger partial charge on any atom is 0.0884 e. The molecule has 1 rings (SSSR count). The molecule has 0 radical (unpaired) electrons. The molecule has 48 valence electrons. The molecule has 1 aliphatic rings. The summed E-state index contributed by atoms with van der Waals surface area (Å²) in [6.45, 7) is 2.48. The average molecular weight is 133 g/mol. The van der Waals surface area contributed by atoms with Crippen LogP contribution < -0.4 is 0 Å². The van der Waals surface area contributed by atoms with Crippen molar-refractivity contribution in [3.8, 4) is 0 Å². The summed E-state index contributed by atoms with van der Waals surface area (Å²) in [7, 11) is 2.36. The Labute approximate surface area is 52.1 Å². The van der Waals surface area contributed by atoms with E-state index in [0.717, 1.165) is 0 Å². The minimum absolute atomic E-state index is 0.602. The smallest absolute Gasteiger partial charge is 0.0884 e. The molecule has 0 aromatic rings. The van der Waals surface area contributed by atoms with Crippen molar-refractivity contribution in [2.45, 2.75) is 12.8 Å². The van der Waals surface area contributed by atoms with Crippen molar-refractivity contribution in [1.82, 2.24) is 4.67 Å². The molecule has 1 fully saturated rings. The molecular formula is C5H12NOP. The van der Waals surface area contributed by atoms with Gasteiger partial charge in [-0.25, -0.2) is 0 Å². The van der Waals surface area contributed by atoms with Gasteiger partial charge in [-0.05, 0) is 12.8 Å². The van der Waals surface area contributed by atoms with Crippen LogP contribution in [0.15, 0.2) is 0 Å². The third kappa shape index (κ3) is 1.70. The summed E-state index contributed by atoms with van der Waals surface area (Å²) in [6, 6.07) is 0. The second-order valence-electron chi connectivity index (χ2n) is 1.99. The van der Waals surface area contributed by atoms with Gasteiger partial charge < -0.3 is 4.52 Å². The van der Waals surface area contributed by atoms with Gasteiger partial charge in [0.25, 0.3) is 0 Å². The molecule has 1 heterocycles. The van der Waals surface area contributed by atoms with Gasteiger partial charge in [-0.3, -0.25) is 4.67 Å². The summed E-state index contributed by atoms with van der Waals surface area (Å²) in [5.41, 5.74) is 0. The number of hydrogen-bond acceptors (Lipinski definition) is 2. The monoisotopic (exact) mass is 133 g/mol. The first-order valence-electron chi connectivity index (χ1n) is 2.97. The maximum absolute atomic E-state index is 4.98. The Morgan fingerprint density at radius 2 is 2.00 bits per heavy atom. The van der Waals surface area contributed by atoms with E-state index < -0.39 is 0 Å². The first-order valence-corrected chi connectivity index (χ1v) is 3.82. The van der Waals surface area contributed by atoms with Crippen LogP contribution in [0.5, 0.6) is 0 Å². The van der Waals surface area contributed by atoms with Crippen molar-refractivity contribution < 1.29 is 4.52 Å². The van der Waals surface area contributed by atoms with E-state index in [1.807, 2.05) is 0 Å². The minimum atomic E-state index is 0.602. The van der Waals surface area contributed by atoms with Crippen molar-refractivity contribution in [3.63, 3.8) is 0 Å². The lowest BCUT2D eigenvalue weighted by Gasteiger charge is -2.10. The molecule has 0 saturated carbocycles. The van der Waals surface area contributed by atoms with E-state index in [1.54, 1.807) is 7.11 Å². The van der Waals surface area contributed by atoms with Gasteiger partial charge in [0, 0.05) is 20.2 Å². The Morgan fingerprint density at radius 1 is 1.38 bits per heavy atom. The van der Waals surface area contributed by atoms with E-state index in [9.17, 15) is 0 Å². The van der Waals surface area contributed by atoms with Gasteiger partial charge in [-0.2, -0.15) is 0 Å². The van der Waals surface area contributed by atoms with Crippen LogP contribution in [0.3, 0.4) is 0 Å². The molecule has 1 atom stereocenters. The third-order valence-electron chi connectivity index (χ3n) is 1.33. The lowest BCUT2D eigenvalue weighted by Crippen LogP contribution is -2.06. The molecule has 1 saturated heterocycles. The molecule has 1 unspecified atom stereocenters. The van der Waals surface area contributed by atoms with Crippen LogP contribution in [0.2, 0.25) is 0 Å². The van der Waals surface area contributed by atoms with Crippen LogP contribution in [0.25, 0.3) is 0 Å².